The van der Waals surface area contributed by atoms with Crippen molar-refractivity contribution in [3.63, 3.8) is 0 Å². The summed E-state index contributed by atoms with van der Waals surface area (Å²) in [5.74, 6) is 0.0842. The van der Waals surface area contributed by atoms with Gasteiger partial charge in [-0.15, -0.1) is 0 Å². The standard InChI is InChI=1S/C15H22N2O2/c1-12(19)13-5-3-6-14(9-13)17-8-4-7-15(10-17,11-18)16-2/h3,5-6,9,16,18H,4,7-8,10-11H2,1-2H3. The summed E-state index contributed by atoms with van der Waals surface area (Å²) in [6.45, 7) is 3.44. The third-order valence-corrected chi connectivity index (χ3v) is 4.03. The number of anilines is 1. The Kier molecular flexibility index (Phi) is 4.22. The zero-order chi connectivity index (χ0) is 13.9. The van der Waals surface area contributed by atoms with Crippen molar-refractivity contribution in [3.05, 3.63) is 29.8 Å². The Hall–Kier alpha value is -1.39. The van der Waals surface area contributed by atoms with Gasteiger partial charge in [0, 0.05) is 24.3 Å². The lowest BCUT2D eigenvalue weighted by molar-refractivity contribution is 0.101. The molecule has 1 heterocycles. The normalized spacial score (nSPS) is 23.4. The van der Waals surface area contributed by atoms with E-state index in [1.807, 2.05) is 31.3 Å². The van der Waals surface area contributed by atoms with Gasteiger partial charge in [0.25, 0.3) is 0 Å². The molecule has 1 aromatic rings. The Balaban J connectivity index is 2.22. The van der Waals surface area contributed by atoms with Crippen LogP contribution in [-0.2, 0) is 0 Å². The SMILES string of the molecule is CNC1(CO)CCCN(c2cccc(C(C)=O)c2)C1. The van der Waals surface area contributed by atoms with E-state index in [-0.39, 0.29) is 17.9 Å². The van der Waals surface area contributed by atoms with E-state index in [0.29, 0.717) is 0 Å². The summed E-state index contributed by atoms with van der Waals surface area (Å²) in [5.41, 5.74) is 1.56. The zero-order valence-corrected chi connectivity index (χ0v) is 11.6. The molecule has 1 aliphatic rings. The lowest BCUT2D eigenvalue weighted by atomic mass is 9.89. The van der Waals surface area contributed by atoms with E-state index in [0.717, 1.165) is 37.2 Å². The van der Waals surface area contributed by atoms with E-state index in [9.17, 15) is 9.90 Å². The molecule has 19 heavy (non-hydrogen) atoms. The predicted octanol–water partition coefficient (Wildman–Crippen LogP) is 1.44. The van der Waals surface area contributed by atoms with Gasteiger partial charge in [0.1, 0.15) is 0 Å². The van der Waals surface area contributed by atoms with Crippen molar-refractivity contribution < 1.29 is 9.90 Å². The molecular formula is C15H22N2O2. The van der Waals surface area contributed by atoms with Crippen molar-refractivity contribution in [1.29, 1.82) is 0 Å². The maximum atomic E-state index is 11.4. The highest BCUT2D eigenvalue weighted by molar-refractivity contribution is 5.95. The number of carbonyl (C=O) groups is 1. The number of piperidine rings is 1. The first-order valence-corrected chi connectivity index (χ1v) is 6.76. The first-order chi connectivity index (χ1) is 9.10. The summed E-state index contributed by atoms with van der Waals surface area (Å²) in [6.07, 6.45) is 2.01. The second-order valence-electron chi connectivity index (χ2n) is 5.32. The molecule has 1 atom stereocenters. The minimum absolute atomic E-state index is 0.0842. The number of carbonyl (C=O) groups excluding carboxylic acids is 1. The van der Waals surface area contributed by atoms with E-state index >= 15 is 0 Å². The largest absolute Gasteiger partial charge is 0.394 e. The number of rotatable bonds is 4. The summed E-state index contributed by atoms with van der Waals surface area (Å²) in [6, 6.07) is 7.72. The molecule has 4 nitrogen and oxygen atoms in total. The minimum atomic E-state index is -0.232. The van der Waals surface area contributed by atoms with Crippen LogP contribution in [0.25, 0.3) is 0 Å². The van der Waals surface area contributed by atoms with E-state index < -0.39 is 0 Å². The minimum Gasteiger partial charge on any atom is -0.394 e. The number of ketones is 1. The molecule has 1 aromatic carbocycles. The van der Waals surface area contributed by atoms with Gasteiger partial charge in [0.2, 0.25) is 0 Å². The lowest BCUT2D eigenvalue weighted by Crippen LogP contribution is -2.58. The molecule has 104 valence electrons. The van der Waals surface area contributed by atoms with Crippen LogP contribution in [0, 0.1) is 0 Å². The molecule has 2 N–H and O–H groups in total. The van der Waals surface area contributed by atoms with E-state index in [2.05, 4.69) is 10.2 Å². The van der Waals surface area contributed by atoms with Crippen molar-refractivity contribution >= 4 is 11.5 Å². The Morgan fingerprint density at radius 3 is 2.95 bits per heavy atom. The van der Waals surface area contributed by atoms with Crippen molar-refractivity contribution in [2.45, 2.75) is 25.3 Å². The second-order valence-corrected chi connectivity index (χ2v) is 5.32. The van der Waals surface area contributed by atoms with Crippen molar-refractivity contribution in [3.8, 4) is 0 Å². The molecule has 0 amide bonds. The van der Waals surface area contributed by atoms with Gasteiger partial charge in [-0.2, -0.15) is 0 Å². The number of hydrogen-bond donors (Lipinski definition) is 2. The summed E-state index contributed by atoms with van der Waals surface area (Å²) < 4.78 is 0. The molecule has 1 saturated heterocycles. The molecular weight excluding hydrogens is 240 g/mol. The zero-order valence-electron chi connectivity index (χ0n) is 11.6. The molecule has 0 saturated carbocycles. The van der Waals surface area contributed by atoms with Gasteiger partial charge in [-0.05, 0) is 38.9 Å². The fourth-order valence-electron chi connectivity index (χ4n) is 2.69. The molecule has 0 radical (unpaired) electrons. The molecule has 0 bridgehead atoms. The number of nitrogens with one attached hydrogen (secondary N) is 1. The van der Waals surface area contributed by atoms with Gasteiger partial charge in [0.05, 0.1) is 12.1 Å². The predicted molar refractivity (Wildman–Crippen MR) is 76.8 cm³/mol. The Morgan fingerprint density at radius 1 is 1.53 bits per heavy atom. The monoisotopic (exact) mass is 262 g/mol. The number of aliphatic hydroxyl groups is 1. The van der Waals surface area contributed by atoms with Gasteiger partial charge in [-0.1, -0.05) is 12.1 Å². The third kappa shape index (κ3) is 2.96. The summed E-state index contributed by atoms with van der Waals surface area (Å²) in [5, 5.41) is 12.9. The van der Waals surface area contributed by atoms with Crippen LogP contribution in [-0.4, -0.2) is 43.2 Å². The third-order valence-electron chi connectivity index (χ3n) is 4.03. The van der Waals surface area contributed by atoms with Gasteiger partial charge >= 0.3 is 0 Å². The maximum Gasteiger partial charge on any atom is 0.159 e. The van der Waals surface area contributed by atoms with Crippen LogP contribution in [0.2, 0.25) is 0 Å². The van der Waals surface area contributed by atoms with Crippen molar-refractivity contribution in [2.75, 3.05) is 31.6 Å². The molecule has 0 aliphatic carbocycles. The Bertz CT molecular complexity index is 455. The molecule has 1 aliphatic heterocycles. The molecule has 4 heteroatoms. The van der Waals surface area contributed by atoms with E-state index in [1.54, 1.807) is 6.92 Å². The first kappa shape index (κ1) is 14.0. The number of likely N-dealkylation sites (N-methyl/N-ethyl adjacent to an activating group) is 1. The fraction of sp³-hybridized carbons (Fsp3) is 0.533. The maximum absolute atomic E-state index is 11.4. The number of benzene rings is 1. The topological polar surface area (TPSA) is 52.6 Å². The number of Topliss-reactive ketones (excluding diaryl/α,β-unsaturated/α-hetero) is 1. The van der Waals surface area contributed by atoms with Gasteiger partial charge in [-0.25, -0.2) is 0 Å². The Morgan fingerprint density at radius 2 is 2.32 bits per heavy atom. The van der Waals surface area contributed by atoms with Gasteiger partial charge in [-0.3, -0.25) is 4.79 Å². The summed E-state index contributed by atoms with van der Waals surface area (Å²) in [4.78, 5) is 13.7. The quantitative estimate of drug-likeness (QED) is 0.806. The highest BCUT2D eigenvalue weighted by Crippen LogP contribution is 2.26. The van der Waals surface area contributed by atoms with Crippen LogP contribution in [0.4, 0.5) is 5.69 Å². The van der Waals surface area contributed by atoms with Crippen LogP contribution in [0.1, 0.15) is 30.1 Å². The van der Waals surface area contributed by atoms with Crippen LogP contribution >= 0.6 is 0 Å². The van der Waals surface area contributed by atoms with Crippen LogP contribution in [0.3, 0.4) is 0 Å². The second kappa shape index (κ2) is 5.72. The molecule has 1 unspecified atom stereocenters. The first-order valence-electron chi connectivity index (χ1n) is 6.76. The van der Waals surface area contributed by atoms with Crippen molar-refractivity contribution in [2.24, 2.45) is 0 Å². The van der Waals surface area contributed by atoms with Crippen molar-refractivity contribution in [1.82, 2.24) is 5.32 Å². The van der Waals surface area contributed by atoms with E-state index in [1.165, 1.54) is 0 Å². The number of aliphatic hydroxyl groups excluding tert-OH is 1. The summed E-state index contributed by atoms with van der Waals surface area (Å²) >= 11 is 0. The highest BCUT2D eigenvalue weighted by Gasteiger charge is 2.33. The van der Waals surface area contributed by atoms with Gasteiger partial charge < -0.3 is 15.3 Å². The average Bonchev–Trinajstić information content (AvgIpc) is 2.47. The van der Waals surface area contributed by atoms with E-state index in [4.69, 9.17) is 0 Å². The van der Waals surface area contributed by atoms with Crippen LogP contribution in [0.5, 0.6) is 0 Å². The Labute approximate surface area is 114 Å². The average molecular weight is 262 g/mol. The fourth-order valence-corrected chi connectivity index (χ4v) is 2.69. The molecule has 2 rings (SSSR count). The molecule has 0 aromatic heterocycles. The highest BCUT2D eigenvalue weighted by atomic mass is 16.3. The lowest BCUT2D eigenvalue weighted by Gasteiger charge is -2.42. The smallest absolute Gasteiger partial charge is 0.159 e. The van der Waals surface area contributed by atoms with Gasteiger partial charge in [0.15, 0.2) is 5.78 Å². The molecule has 0 spiro atoms. The van der Waals surface area contributed by atoms with Crippen LogP contribution < -0.4 is 10.2 Å². The number of hydrogen-bond acceptors (Lipinski definition) is 4. The number of nitrogens with zero attached hydrogens (tertiary/aromatic N) is 1. The molecule has 1 fully saturated rings. The summed E-state index contributed by atoms with van der Waals surface area (Å²) in [7, 11) is 1.89. The van der Waals surface area contributed by atoms with Crippen LogP contribution in [0.15, 0.2) is 24.3 Å².